The number of nitrogens with zero attached hydrogens (tertiary/aromatic N) is 1. The van der Waals surface area contributed by atoms with E-state index in [0.29, 0.717) is 11.1 Å². The molecule has 2 fully saturated rings. The van der Waals surface area contributed by atoms with Crippen molar-refractivity contribution in [2.24, 2.45) is 11.3 Å². The van der Waals surface area contributed by atoms with Gasteiger partial charge < -0.3 is 9.47 Å². The molecule has 30 heavy (non-hydrogen) atoms. The van der Waals surface area contributed by atoms with E-state index in [4.69, 9.17) is 9.47 Å². The molecule has 2 aliphatic heterocycles. The first-order chi connectivity index (χ1) is 14.3. The summed E-state index contributed by atoms with van der Waals surface area (Å²) in [5.41, 5.74) is -2.27. The zero-order valence-electron chi connectivity index (χ0n) is 16.2. The van der Waals surface area contributed by atoms with Crippen LogP contribution in [0.25, 0.3) is 0 Å². The van der Waals surface area contributed by atoms with Crippen molar-refractivity contribution in [3.63, 3.8) is 0 Å². The van der Waals surface area contributed by atoms with Crippen molar-refractivity contribution in [3.8, 4) is 0 Å². The van der Waals surface area contributed by atoms with Gasteiger partial charge in [-0.15, -0.1) is 0 Å². The van der Waals surface area contributed by atoms with E-state index in [0.717, 1.165) is 0 Å². The highest BCUT2D eigenvalue weighted by atomic mass is 16.6. The van der Waals surface area contributed by atoms with E-state index in [1.54, 1.807) is 37.3 Å². The molecule has 2 saturated heterocycles. The molecule has 9 heteroatoms. The number of carbonyl (C=O) groups is 3. The highest BCUT2D eigenvalue weighted by molar-refractivity contribution is 6.05. The fraction of sp³-hybridized carbons (Fsp3) is 0.286. The molecule has 2 heterocycles. The number of cyclic esters (lactones) is 2. The number of rotatable bonds is 4. The standard InChI is InChI=1S/C21H18N2O7/c1-20-15(17(24)30-18(20)25)21(19(26)29-2,13-6-4-3-5-7-13)22-16(20)12-8-10-14(11-9-12)23(27)28/h3-11,15-16,22H,1-2H3/t15-,16+,20+,21+/m0/s1. The third kappa shape index (κ3) is 2.48. The molecular formula is C21H18N2O7. The minimum Gasteiger partial charge on any atom is -0.467 e. The van der Waals surface area contributed by atoms with E-state index in [1.165, 1.54) is 31.4 Å². The van der Waals surface area contributed by atoms with Crippen molar-refractivity contribution in [1.29, 1.82) is 0 Å². The second kappa shape index (κ2) is 6.74. The SMILES string of the molecule is COC(=O)[C@]1(c2ccccc2)N[C@H](c2ccc([N+](=O)[O-])cc2)[C@]2(C)C(=O)OC(=O)[C@@H]21. The fourth-order valence-electron chi connectivity index (χ4n) is 4.62. The molecule has 154 valence electrons. The third-order valence-electron chi connectivity index (χ3n) is 6.05. The van der Waals surface area contributed by atoms with Crippen LogP contribution in [-0.2, 0) is 29.4 Å². The molecule has 0 spiro atoms. The van der Waals surface area contributed by atoms with Gasteiger partial charge in [0.2, 0.25) is 0 Å². The second-order valence-corrected chi connectivity index (χ2v) is 7.52. The Morgan fingerprint density at radius 2 is 1.77 bits per heavy atom. The number of esters is 3. The predicted molar refractivity (Wildman–Crippen MR) is 102 cm³/mol. The molecule has 0 bridgehead atoms. The number of methoxy groups -OCH3 is 1. The summed E-state index contributed by atoms with van der Waals surface area (Å²) in [5, 5.41) is 14.2. The van der Waals surface area contributed by atoms with E-state index in [9.17, 15) is 24.5 Å². The molecule has 0 aromatic heterocycles. The number of benzene rings is 2. The van der Waals surface area contributed by atoms with Gasteiger partial charge in [0.1, 0.15) is 11.3 Å². The second-order valence-electron chi connectivity index (χ2n) is 7.52. The van der Waals surface area contributed by atoms with Crippen LogP contribution in [0.4, 0.5) is 5.69 Å². The number of hydrogen-bond donors (Lipinski definition) is 1. The summed E-state index contributed by atoms with van der Waals surface area (Å²) in [6.45, 7) is 1.55. The molecule has 2 aliphatic rings. The minimum absolute atomic E-state index is 0.120. The lowest BCUT2D eigenvalue weighted by Crippen LogP contribution is -2.52. The number of nitro benzene ring substituents is 1. The van der Waals surface area contributed by atoms with E-state index < -0.39 is 45.7 Å². The Bertz CT molecular complexity index is 1050. The van der Waals surface area contributed by atoms with Gasteiger partial charge in [0.15, 0.2) is 5.54 Å². The molecular weight excluding hydrogens is 392 g/mol. The zero-order valence-corrected chi connectivity index (χ0v) is 16.2. The molecule has 0 unspecified atom stereocenters. The summed E-state index contributed by atoms with van der Waals surface area (Å²) in [4.78, 5) is 49.2. The average molecular weight is 410 g/mol. The monoisotopic (exact) mass is 410 g/mol. The summed E-state index contributed by atoms with van der Waals surface area (Å²) in [6.07, 6.45) is 0. The number of carbonyl (C=O) groups excluding carboxylic acids is 3. The van der Waals surface area contributed by atoms with Crippen LogP contribution < -0.4 is 5.32 Å². The maximum Gasteiger partial charge on any atom is 0.331 e. The predicted octanol–water partition coefficient (Wildman–Crippen LogP) is 2.01. The molecule has 9 nitrogen and oxygen atoms in total. The van der Waals surface area contributed by atoms with Gasteiger partial charge in [-0.05, 0) is 18.1 Å². The van der Waals surface area contributed by atoms with E-state index in [1.807, 2.05) is 0 Å². The van der Waals surface area contributed by atoms with Gasteiger partial charge in [0, 0.05) is 12.1 Å². The molecule has 0 radical (unpaired) electrons. The Hall–Kier alpha value is -3.59. The smallest absolute Gasteiger partial charge is 0.331 e. The van der Waals surface area contributed by atoms with Gasteiger partial charge in [0.05, 0.1) is 18.1 Å². The highest BCUT2D eigenvalue weighted by Crippen LogP contribution is 2.60. The Kier molecular flexibility index (Phi) is 4.43. The molecule has 4 atom stereocenters. The van der Waals surface area contributed by atoms with Crippen LogP contribution in [0.1, 0.15) is 24.1 Å². The van der Waals surface area contributed by atoms with Crippen LogP contribution >= 0.6 is 0 Å². The lowest BCUT2D eigenvalue weighted by Gasteiger charge is -2.31. The van der Waals surface area contributed by atoms with Crippen LogP contribution in [0.15, 0.2) is 54.6 Å². The molecule has 0 saturated carbocycles. The van der Waals surface area contributed by atoms with Crippen LogP contribution in [0.5, 0.6) is 0 Å². The van der Waals surface area contributed by atoms with Crippen LogP contribution in [0.2, 0.25) is 0 Å². The van der Waals surface area contributed by atoms with Crippen molar-refractivity contribution in [1.82, 2.24) is 5.32 Å². The van der Waals surface area contributed by atoms with E-state index in [-0.39, 0.29) is 5.69 Å². The quantitative estimate of drug-likeness (QED) is 0.351. The normalized spacial score (nSPS) is 29.9. The first kappa shape index (κ1) is 19.7. The Morgan fingerprint density at radius 3 is 2.33 bits per heavy atom. The maximum atomic E-state index is 13.1. The number of fused-ring (bicyclic) bond motifs is 1. The number of ether oxygens (including phenoxy) is 2. The molecule has 2 aromatic rings. The average Bonchev–Trinajstić information content (AvgIpc) is 3.17. The van der Waals surface area contributed by atoms with Crippen molar-refractivity contribution >= 4 is 23.6 Å². The van der Waals surface area contributed by atoms with Gasteiger partial charge in [0.25, 0.3) is 5.69 Å². The third-order valence-corrected chi connectivity index (χ3v) is 6.05. The molecule has 4 rings (SSSR count). The van der Waals surface area contributed by atoms with Crippen molar-refractivity contribution in [2.75, 3.05) is 7.11 Å². The van der Waals surface area contributed by atoms with Crippen molar-refractivity contribution < 1.29 is 28.8 Å². The van der Waals surface area contributed by atoms with Gasteiger partial charge in [-0.2, -0.15) is 0 Å². The summed E-state index contributed by atoms with van der Waals surface area (Å²) in [7, 11) is 1.20. The van der Waals surface area contributed by atoms with Gasteiger partial charge in [-0.1, -0.05) is 42.5 Å². The minimum atomic E-state index is -1.67. The van der Waals surface area contributed by atoms with Gasteiger partial charge >= 0.3 is 17.9 Å². The number of hydrogen-bond acceptors (Lipinski definition) is 8. The fourth-order valence-corrected chi connectivity index (χ4v) is 4.62. The maximum absolute atomic E-state index is 13.1. The first-order valence-electron chi connectivity index (χ1n) is 9.19. The zero-order chi connectivity index (χ0) is 21.7. The largest absolute Gasteiger partial charge is 0.467 e. The first-order valence-corrected chi connectivity index (χ1v) is 9.19. The molecule has 0 amide bonds. The topological polar surface area (TPSA) is 125 Å². The lowest BCUT2D eigenvalue weighted by atomic mass is 9.67. The summed E-state index contributed by atoms with van der Waals surface area (Å²) in [5.74, 6) is -3.52. The lowest BCUT2D eigenvalue weighted by molar-refractivity contribution is -0.384. The van der Waals surface area contributed by atoms with Crippen LogP contribution in [-0.4, -0.2) is 29.9 Å². The Morgan fingerprint density at radius 1 is 1.13 bits per heavy atom. The Balaban J connectivity index is 1.94. The Labute approximate surface area is 171 Å². The number of nitrogens with one attached hydrogen (secondary N) is 1. The number of nitro groups is 1. The van der Waals surface area contributed by atoms with Crippen LogP contribution in [0, 0.1) is 21.4 Å². The van der Waals surface area contributed by atoms with E-state index >= 15 is 0 Å². The van der Waals surface area contributed by atoms with E-state index in [2.05, 4.69) is 5.32 Å². The van der Waals surface area contributed by atoms with Gasteiger partial charge in [-0.3, -0.25) is 25.0 Å². The molecule has 2 aromatic carbocycles. The number of non-ortho nitro benzene ring substituents is 1. The van der Waals surface area contributed by atoms with Crippen molar-refractivity contribution in [3.05, 3.63) is 75.8 Å². The van der Waals surface area contributed by atoms with Gasteiger partial charge in [-0.25, -0.2) is 4.79 Å². The molecule has 0 aliphatic carbocycles. The van der Waals surface area contributed by atoms with Crippen LogP contribution in [0.3, 0.4) is 0 Å². The highest BCUT2D eigenvalue weighted by Gasteiger charge is 2.75. The summed E-state index contributed by atoms with van der Waals surface area (Å²) in [6, 6.07) is 13.3. The molecule has 1 N–H and O–H groups in total. The summed E-state index contributed by atoms with van der Waals surface area (Å²) >= 11 is 0. The van der Waals surface area contributed by atoms with Crippen molar-refractivity contribution in [2.45, 2.75) is 18.5 Å². The summed E-state index contributed by atoms with van der Waals surface area (Å²) < 4.78 is 10.0.